The van der Waals surface area contributed by atoms with E-state index in [0.717, 1.165) is 5.56 Å². The molecule has 194 valence electrons. The molecule has 0 bridgehead atoms. The highest BCUT2D eigenvalue weighted by Crippen LogP contribution is 2.50. The first-order valence-electron chi connectivity index (χ1n) is 11.7. The fourth-order valence-electron chi connectivity index (χ4n) is 4.78. The van der Waals surface area contributed by atoms with Crippen LogP contribution in [0.4, 0.5) is 0 Å². The Bertz CT molecular complexity index is 1200. The number of aliphatic hydroxyl groups is 2. The summed E-state index contributed by atoms with van der Waals surface area (Å²) in [5, 5.41) is 23.4. The van der Waals surface area contributed by atoms with Gasteiger partial charge in [0.15, 0.2) is 17.2 Å². The van der Waals surface area contributed by atoms with E-state index in [1.54, 1.807) is 18.2 Å². The molecule has 1 heterocycles. The van der Waals surface area contributed by atoms with Crippen LogP contribution in [0.25, 0.3) is 11.1 Å². The second-order valence-corrected chi connectivity index (χ2v) is 8.75. The summed E-state index contributed by atoms with van der Waals surface area (Å²) in [6.07, 6.45) is -1.99. The fourth-order valence-corrected chi connectivity index (χ4v) is 4.78. The number of hydrogen-bond acceptors (Lipinski definition) is 9. The highest BCUT2D eigenvalue weighted by Gasteiger charge is 2.35. The first-order chi connectivity index (χ1) is 17.3. The van der Waals surface area contributed by atoms with Crippen LogP contribution in [-0.2, 0) is 16.0 Å². The number of ether oxygens (including phenoxy) is 5. The summed E-state index contributed by atoms with van der Waals surface area (Å²) in [5.41, 5.74) is 2.49. The lowest BCUT2D eigenvalue weighted by atomic mass is 9.95. The third-order valence-electron chi connectivity index (χ3n) is 6.49. The van der Waals surface area contributed by atoms with Crippen molar-refractivity contribution in [2.24, 2.45) is 0 Å². The van der Waals surface area contributed by atoms with Crippen molar-refractivity contribution in [3.05, 3.63) is 45.6 Å². The third-order valence-corrected chi connectivity index (χ3v) is 6.49. The van der Waals surface area contributed by atoms with Crippen LogP contribution in [0.15, 0.2) is 29.1 Å². The number of hydrogen-bond donors (Lipinski definition) is 3. The highest BCUT2D eigenvalue weighted by molar-refractivity contribution is 5.83. The molecule has 1 saturated heterocycles. The molecule has 10 heteroatoms. The molecule has 1 amide bonds. The lowest BCUT2D eigenvalue weighted by molar-refractivity contribution is -0.207. The average Bonchev–Trinajstić information content (AvgIpc) is 3.09. The SMILES string of the molecule is COc1c(O[C@@H]2OCC[C@H](O)[C@@H]2O)cc2c(c1OC)-c1ccc(OC)c(=O)cc1[C@H](NC(C)=O)CC2. The summed E-state index contributed by atoms with van der Waals surface area (Å²) in [5.74, 6) is 0.834. The number of benzene rings is 1. The number of carbonyl (C=O) groups excluding carboxylic acids is 1. The first kappa shape index (κ1) is 25.7. The molecule has 0 radical (unpaired) electrons. The number of aryl methyl sites for hydroxylation is 1. The number of amides is 1. The molecule has 2 aliphatic rings. The maximum Gasteiger partial charge on any atom is 0.228 e. The highest BCUT2D eigenvalue weighted by atomic mass is 16.7. The molecule has 4 atom stereocenters. The molecule has 0 unspecified atom stereocenters. The van der Waals surface area contributed by atoms with Crippen molar-refractivity contribution >= 4 is 5.91 Å². The predicted molar refractivity (Wildman–Crippen MR) is 130 cm³/mol. The van der Waals surface area contributed by atoms with Crippen LogP contribution in [0.5, 0.6) is 23.0 Å². The van der Waals surface area contributed by atoms with Crippen molar-refractivity contribution in [3.8, 4) is 34.1 Å². The van der Waals surface area contributed by atoms with E-state index in [0.29, 0.717) is 41.7 Å². The van der Waals surface area contributed by atoms with E-state index in [-0.39, 0.29) is 35.2 Å². The Hall–Kier alpha value is -3.34. The Morgan fingerprint density at radius 3 is 2.44 bits per heavy atom. The van der Waals surface area contributed by atoms with E-state index in [9.17, 15) is 19.8 Å². The minimum absolute atomic E-state index is 0.166. The van der Waals surface area contributed by atoms with Gasteiger partial charge in [0, 0.05) is 12.5 Å². The lowest BCUT2D eigenvalue weighted by Gasteiger charge is -2.32. The summed E-state index contributed by atoms with van der Waals surface area (Å²) in [6.45, 7) is 1.66. The first-order valence-corrected chi connectivity index (χ1v) is 11.7. The van der Waals surface area contributed by atoms with Crippen molar-refractivity contribution in [2.45, 2.75) is 50.7 Å². The van der Waals surface area contributed by atoms with Crippen molar-refractivity contribution in [3.63, 3.8) is 0 Å². The number of carbonyl (C=O) groups is 1. The molecular formula is C26H31NO9. The van der Waals surface area contributed by atoms with Gasteiger partial charge < -0.3 is 39.2 Å². The van der Waals surface area contributed by atoms with Crippen LogP contribution < -0.4 is 29.7 Å². The quantitative estimate of drug-likeness (QED) is 0.541. The summed E-state index contributed by atoms with van der Waals surface area (Å²) in [7, 11) is 4.38. The van der Waals surface area contributed by atoms with E-state index in [1.165, 1.54) is 34.3 Å². The summed E-state index contributed by atoms with van der Waals surface area (Å²) in [4.78, 5) is 24.8. The van der Waals surface area contributed by atoms with Gasteiger partial charge in [-0.2, -0.15) is 0 Å². The summed E-state index contributed by atoms with van der Waals surface area (Å²) in [6, 6.07) is 6.17. The number of aliphatic hydroxyl groups excluding tert-OH is 2. The molecule has 1 aliphatic heterocycles. The second kappa shape index (κ2) is 10.7. The van der Waals surface area contributed by atoms with Crippen LogP contribution in [0, 0.1) is 0 Å². The van der Waals surface area contributed by atoms with Crippen molar-refractivity contribution < 1.29 is 38.7 Å². The van der Waals surface area contributed by atoms with Crippen LogP contribution in [0.1, 0.15) is 36.9 Å². The van der Waals surface area contributed by atoms with Gasteiger partial charge in [0.1, 0.15) is 6.10 Å². The van der Waals surface area contributed by atoms with Gasteiger partial charge in [-0.05, 0) is 54.2 Å². The van der Waals surface area contributed by atoms with Crippen molar-refractivity contribution in [1.82, 2.24) is 5.32 Å². The van der Waals surface area contributed by atoms with Crippen molar-refractivity contribution in [1.29, 1.82) is 0 Å². The topological polar surface area (TPSA) is 133 Å². The Labute approximate surface area is 208 Å². The van der Waals surface area contributed by atoms with Crippen LogP contribution in [-0.4, -0.2) is 62.6 Å². The smallest absolute Gasteiger partial charge is 0.228 e. The molecule has 1 fully saturated rings. The fraction of sp³-hybridized carbons (Fsp3) is 0.462. The van der Waals surface area contributed by atoms with Gasteiger partial charge in [-0.1, -0.05) is 6.07 Å². The molecule has 0 spiro atoms. The molecule has 2 aromatic carbocycles. The minimum Gasteiger partial charge on any atom is -0.493 e. The lowest BCUT2D eigenvalue weighted by Crippen LogP contribution is -2.47. The van der Waals surface area contributed by atoms with Gasteiger partial charge in [-0.15, -0.1) is 0 Å². The van der Waals surface area contributed by atoms with E-state index in [2.05, 4.69) is 5.32 Å². The molecule has 0 aromatic heterocycles. The molecule has 2 aromatic rings. The average molecular weight is 502 g/mol. The third kappa shape index (κ3) is 4.84. The number of fused-ring (bicyclic) bond motifs is 3. The monoisotopic (exact) mass is 501 g/mol. The van der Waals surface area contributed by atoms with Gasteiger partial charge in [0.25, 0.3) is 0 Å². The Morgan fingerprint density at radius 1 is 1.03 bits per heavy atom. The number of nitrogens with one attached hydrogen (secondary N) is 1. The van der Waals surface area contributed by atoms with E-state index in [4.69, 9.17) is 23.7 Å². The predicted octanol–water partition coefficient (Wildman–Crippen LogP) is 1.71. The van der Waals surface area contributed by atoms with Gasteiger partial charge in [-0.3, -0.25) is 9.59 Å². The molecule has 1 aliphatic carbocycles. The molecule has 0 saturated carbocycles. The van der Waals surface area contributed by atoms with Crippen LogP contribution >= 0.6 is 0 Å². The minimum atomic E-state index is -1.24. The maximum atomic E-state index is 12.8. The zero-order valence-corrected chi connectivity index (χ0v) is 20.7. The Balaban J connectivity index is 1.92. The Kier molecular flexibility index (Phi) is 7.67. The molecular weight excluding hydrogens is 470 g/mol. The van der Waals surface area contributed by atoms with Gasteiger partial charge in [0.2, 0.25) is 23.4 Å². The van der Waals surface area contributed by atoms with E-state index < -0.39 is 24.5 Å². The second-order valence-electron chi connectivity index (χ2n) is 8.75. The molecule has 10 nitrogen and oxygen atoms in total. The number of rotatable bonds is 6. The van der Waals surface area contributed by atoms with Crippen molar-refractivity contribution in [2.75, 3.05) is 27.9 Å². The van der Waals surface area contributed by atoms with Crippen LogP contribution in [0.2, 0.25) is 0 Å². The standard InChI is InChI=1S/C26H31NO9/c1-13(28)27-17-7-5-14-11-21(36-26-23(31)18(29)9-10-35-26)24(33-3)25(34-4)22(14)15-6-8-20(32-2)19(30)12-16(15)17/h6,8,11-12,17-18,23,26,29,31H,5,7,9-10H2,1-4H3,(H,27,28)/t17-,18+,23+,26+/m1/s1. The van der Waals surface area contributed by atoms with Gasteiger partial charge in [0.05, 0.1) is 40.1 Å². The summed E-state index contributed by atoms with van der Waals surface area (Å²) >= 11 is 0. The van der Waals surface area contributed by atoms with E-state index >= 15 is 0 Å². The molecule has 4 rings (SSSR count). The largest absolute Gasteiger partial charge is 0.493 e. The van der Waals surface area contributed by atoms with Crippen LogP contribution in [0.3, 0.4) is 0 Å². The number of methoxy groups -OCH3 is 3. The maximum absolute atomic E-state index is 12.8. The van der Waals surface area contributed by atoms with Gasteiger partial charge >= 0.3 is 0 Å². The zero-order valence-electron chi connectivity index (χ0n) is 20.7. The van der Waals surface area contributed by atoms with E-state index in [1.807, 2.05) is 0 Å². The van der Waals surface area contributed by atoms with Gasteiger partial charge in [-0.25, -0.2) is 0 Å². The zero-order chi connectivity index (χ0) is 26.0. The Morgan fingerprint density at radius 2 is 1.78 bits per heavy atom. The molecule has 3 N–H and O–H groups in total. The summed E-state index contributed by atoms with van der Waals surface area (Å²) < 4.78 is 28.3. The normalized spacial score (nSPS) is 22.9. The molecule has 36 heavy (non-hydrogen) atoms.